The zero-order valence-electron chi connectivity index (χ0n) is 30.1. The third-order valence-electron chi connectivity index (χ3n) is 10.5. The van der Waals surface area contributed by atoms with E-state index in [4.69, 9.17) is 23.9 Å². The lowest BCUT2D eigenvalue weighted by Gasteiger charge is -2.45. The van der Waals surface area contributed by atoms with E-state index in [9.17, 15) is 13.6 Å². The Bertz CT molecular complexity index is 1790. The van der Waals surface area contributed by atoms with Gasteiger partial charge in [-0.05, 0) is 87.5 Å². The van der Waals surface area contributed by atoms with Crippen molar-refractivity contribution in [2.24, 2.45) is 0 Å². The maximum atomic E-state index is 14.7. The summed E-state index contributed by atoms with van der Waals surface area (Å²) in [5.41, 5.74) is 2.62. The second-order valence-corrected chi connectivity index (χ2v) is 13.4. The lowest BCUT2D eigenvalue weighted by atomic mass is 9.71. The number of anilines is 1. The van der Waals surface area contributed by atoms with Gasteiger partial charge in [0, 0.05) is 56.4 Å². The van der Waals surface area contributed by atoms with Crippen molar-refractivity contribution in [1.29, 1.82) is 0 Å². The predicted molar refractivity (Wildman–Crippen MR) is 193 cm³/mol. The molecule has 0 saturated carbocycles. The van der Waals surface area contributed by atoms with E-state index in [1.165, 1.54) is 33.5 Å². The highest BCUT2D eigenvalue weighted by molar-refractivity contribution is 5.96. The summed E-state index contributed by atoms with van der Waals surface area (Å²) in [5, 5.41) is 3.72. The maximum Gasteiger partial charge on any atom is 0.254 e. The second kappa shape index (κ2) is 16.3. The molecule has 51 heavy (non-hydrogen) atoms. The number of nitrogens with zero attached hydrogens (tertiary/aromatic N) is 4. The van der Waals surface area contributed by atoms with Gasteiger partial charge in [-0.2, -0.15) is 0 Å². The van der Waals surface area contributed by atoms with Gasteiger partial charge < -0.3 is 38.6 Å². The number of amides is 1. The van der Waals surface area contributed by atoms with Crippen LogP contribution in [0.15, 0.2) is 54.6 Å². The molecule has 2 aliphatic heterocycles. The Balaban J connectivity index is 1.16. The molecule has 12 heteroatoms. The first-order valence-electron chi connectivity index (χ1n) is 17.9. The quantitative estimate of drug-likeness (QED) is 0.149. The number of rotatable bonds is 14. The minimum Gasteiger partial charge on any atom is -0.493 e. The number of piperidine rings is 2. The van der Waals surface area contributed by atoms with E-state index in [1.807, 2.05) is 30.0 Å². The van der Waals surface area contributed by atoms with Crippen LogP contribution in [-0.2, 0) is 16.7 Å². The minimum absolute atomic E-state index is 0.180. The van der Waals surface area contributed by atoms with Crippen molar-refractivity contribution < 1.29 is 32.5 Å². The van der Waals surface area contributed by atoms with E-state index in [-0.39, 0.29) is 11.9 Å². The number of imidazole rings is 1. The molecule has 0 spiro atoms. The highest BCUT2D eigenvalue weighted by atomic mass is 19.2. The fraction of sp³-hybridized carbons (Fsp3) is 0.487. The van der Waals surface area contributed by atoms with E-state index >= 15 is 0 Å². The zero-order chi connectivity index (χ0) is 36.0. The first-order valence-corrected chi connectivity index (χ1v) is 17.9. The third-order valence-corrected chi connectivity index (χ3v) is 10.5. The van der Waals surface area contributed by atoms with Crippen molar-refractivity contribution in [2.45, 2.75) is 57.0 Å². The molecule has 1 N–H and O–H groups in total. The van der Waals surface area contributed by atoms with Gasteiger partial charge in [0.2, 0.25) is 11.7 Å². The van der Waals surface area contributed by atoms with E-state index in [0.29, 0.717) is 61.1 Å². The van der Waals surface area contributed by atoms with Crippen LogP contribution in [0.1, 0.15) is 54.9 Å². The summed E-state index contributed by atoms with van der Waals surface area (Å²) >= 11 is 0. The van der Waals surface area contributed by atoms with Crippen LogP contribution in [0, 0.1) is 11.6 Å². The second-order valence-electron chi connectivity index (χ2n) is 13.4. The Labute approximate surface area is 298 Å². The van der Waals surface area contributed by atoms with Gasteiger partial charge in [0.15, 0.2) is 23.1 Å². The van der Waals surface area contributed by atoms with Crippen LogP contribution in [0.5, 0.6) is 17.2 Å². The number of hydrogen-bond acceptors (Lipinski definition) is 8. The number of carbonyl (C=O) groups is 1. The lowest BCUT2D eigenvalue weighted by Crippen LogP contribution is -2.50. The molecule has 0 radical (unpaired) electrons. The van der Waals surface area contributed by atoms with Crippen molar-refractivity contribution in [3.8, 4) is 17.2 Å². The van der Waals surface area contributed by atoms with Gasteiger partial charge in [0.05, 0.1) is 39.0 Å². The largest absolute Gasteiger partial charge is 0.493 e. The van der Waals surface area contributed by atoms with Crippen molar-refractivity contribution in [2.75, 3.05) is 72.6 Å². The summed E-state index contributed by atoms with van der Waals surface area (Å²) in [5.74, 6) is 0.126. The normalized spacial score (nSPS) is 18.6. The Kier molecular flexibility index (Phi) is 11.6. The molecular formula is C39H49F2N5O5. The standard InChI is InChI=1S/C39H49F2N5O5/c1-5-51-22-21-46-33-10-7-6-9-32(33)43-38(46)42-29-13-18-44(19-14-29)20-16-39(28-11-12-30(40)31(41)25-28)15-8-17-45(26-39)37(47)27-23-34(48-2)36(50-4)35(24-27)49-3/h6-7,9-12,23-25,29H,5,8,13-22,26H2,1-4H3,(H,42,43). The van der Waals surface area contributed by atoms with Crippen LogP contribution in [0.25, 0.3) is 11.0 Å². The Morgan fingerprint density at radius 3 is 2.37 bits per heavy atom. The van der Waals surface area contributed by atoms with Crippen LogP contribution in [0.4, 0.5) is 14.7 Å². The Morgan fingerprint density at radius 2 is 1.69 bits per heavy atom. The fourth-order valence-electron chi connectivity index (χ4n) is 7.67. The molecule has 10 nitrogen and oxygen atoms in total. The topological polar surface area (TPSA) is 90.3 Å². The first-order chi connectivity index (χ1) is 24.8. The molecule has 3 heterocycles. The van der Waals surface area contributed by atoms with Crippen LogP contribution < -0.4 is 19.5 Å². The van der Waals surface area contributed by atoms with E-state index in [1.54, 1.807) is 18.2 Å². The molecule has 1 aromatic heterocycles. The number of carbonyl (C=O) groups excluding carboxylic acids is 1. The SMILES string of the molecule is CCOCCn1c(NC2CCN(CCC3(c4ccc(F)c(F)c4)CCCN(C(=O)c4cc(OC)c(OC)c(OC)c4)C3)CC2)nc2ccccc21. The number of nitrogens with one attached hydrogen (secondary N) is 1. The highest BCUT2D eigenvalue weighted by Gasteiger charge is 2.40. The molecule has 1 amide bonds. The third kappa shape index (κ3) is 7.92. The van der Waals surface area contributed by atoms with Crippen molar-refractivity contribution >= 4 is 22.9 Å². The van der Waals surface area contributed by atoms with Crippen molar-refractivity contribution in [3.63, 3.8) is 0 Å². The molecule has 2 aliphatic rings. The molecule has 274 valence electrons. The number of ether oxygens (including phenoxy) is 4. The summed E-state index contributed by atoms with van der Waals surface area (Å²) in [7, 11) is 4.55. The molecule has 1 atom stereocenters. The molecule has 0 aliphatic carbocycles. The van der Waals surface area contributed by atoms with Gasteiger partial charge in [-0.1, -0.05) is 18.2 Å². The van der Waals surface area contributed by atoms with Crippen LogP contribution in [0.3, 0.4) is 0 Å². The number of methoxy groups -OCH3 is 3. The van der Waals surface area contributed by atoms with Gasteiger partial charge in [-0.15, -0.1) is 0 Å². The highest BCUT2D eigenvalue weighted by Crippen LogP contribution is 2.41. The average Bonchev–Trinajstić information content (AvgIpc) is 3.51. The lowest BCUT2D eigenvalue weighted by molar-refractivity contribution is 0.0606. The van der Waals surface area contributed by atoms with Gasteiger partial charge in [0.25, 0.3) is 5.91 Å². The fourth-order valence-corrected chi connectivity index (χ4v) is 7.67. The smallest absolute Gasteiger partial charge is 0.254 e. The van der Waals surface area contributed by atoms with Crippen LogP contribution >= 0.6 is 0 Å². The number of hydrogen-bond donors (Lipinski definition) is 1. The molecule has 3 aromatic carbocycles. The molecule has 1 unspecified atom stereocenters. The summed E-state index contributed by atoms with van der Waals surface area (Å²) in [4.78, 5) is 23.2. The molecule has 2 saturated heterocycles. The van der Waals surface area contributed by atoms with E-state index < -0.39 is 17.0 Å². The van der Waals surface area contributed by atoms with Gasteiger partial charge in [-0.25, -0.2) is 13.8 Å². The number of halogens is 2. The average molecular weight is 706 g/mol. The summed E-state index contributed by atoms with van der Waals surface area (Å²) in [6.45, 7) is 7.49. The molecule has 4 aromatic rings. The maximum absolute atomic E-state index is 14.7. The molecular weight excluding hydrogens is 656 g/mol. The first kappa shape index (κ1) is 36.4. The van der Waals surface area contributed by atoms with Crippen molar-refractivity contribution in [3.05, 3.63) is 77.4 Å². The zero-order valence-corrected chi connectivity index (χ0v) is 30.1. The van der Waals surface area contributed by atoms with E-state index in [2.05, 4.69) is 20.9 Å². The summed E-state index contributed by atoms with van der Waals surface area (Å²) < 4.78 is 53.2. The number of fused-ring (bicyclic) bond motifs is 1. The van der Waals surface area contributed by atoms with Crippen molar-refractivity contribution in [1.82, 2.24) is 19.4 Å². The Hall–Kier alpha value is -4.42. The van der Waals surface area contributed by atoms with Gasteiger partial charge >= 0.3 is 0 Å². The summed E-state index contributed by atoms with van der Waals surface area (Å²) in [6.07, 6.45) is 4.07. The number of aromatic nitrogens is 2. The number of benzene rings is 3. The van der Waals surface area contributed by atoms with Gasteiger partial charge in [-0.3, -0.25) is 4.79 Å². The molecule has 2 fully saturated rings. The van der Waals surface area contributed by atoms with Crippen LogP contribution in [-0.4, -0.2) is 98.6 Å². The van der Waals surface area contributed by atoms with E-state index in [0.717, 1.165) is 68.8 Å². The molecule has 6 rings (SSSR count). The molecule has 0 bridgehead atoms. The Morgan fingerprint density at radius 1 is 0.941 bits per heavy atom. The number of likely N-dealkylation sites (tertiary alicyclic amines) is 2. The monoisotopic (exact) mass is 705 g/mol. The predicted octanol–water partition coefficient (Wildman–Crippen LogP) is 6.52. The van der Waals surface area contributed by atoms with Gasteiger partial charge in [0.1, 0.15) is 0 Å². The minimum atomic E-state index is -0.879. The summed E-state index contributed by atoms with van der Waals surface area (Å²) in [6, 6.07) is 15.9. The number of para-hydroxylation sites is 2. The van der Waals surface area contributed by atoms with Crippen LogP contribution in [0.2, 0.25) is 0 Å².